The Morgan fingerprint density at radius 3 is 2.22 bits per heavy atom. The number of benzene rings is 1. The van der Waals surface area contributed by atoms with E-state index in [1.807, 2.05) is 29.5 Å². The van der Waals surface area contributed by atoms with Crippen molar-refractivity contribution >= 4 is 38.4 Å². The minimum atomic E-state index is -3.55. The summed E-state index contributed by atoms with van der Waals surface area (Å²) in [5.74, 6) is -0.00319. The number of Topliss-reactive ketones (excluding diaryl/α,β-unsaturated/α-hetero) is 1. The highest BCUT2D eigenvalue weighted by molar-refractivity contribution is 14.1. The van der Waals surface area contributed by atoms with Gasteiger partial charge in [0.1, 0.15) is 0 Å². The molecule has 0 atom stereocenters. The quantitative estimate of drug-likeness (QED) is 0.760. The zero-order valence-electron chi connectivity index (χ0n) is 9.97. The standard InChI is InChI=1S/C12H12INO3S/c1-8-3-5-9(6-4-8)18(16,17)14(2)10-7-11(15)12(10)13/h3-6H,7H2,1-2H3. The van der Waals surface area contributed by atoms with Gasteiger partial charge in [0.25, 0.3) is 10.0 Å². The number of hydrogen-bond donors (Lipinski definition) is 0. The molecule has 0 bridgehead atoms. The largest absolute Gasteiger partial charge is 0.293 e. The first kappa shape index (κ1) is 13.5. The van der Waals surface area contributed by atoms with E-state index in [4.69, 9.17) is 0 Å². The lowest BCUT2D eigenvalue weighted by Crippen LogP contribution is -2.33. The highest BCUT2D eigenvalue weighted by Crippen LogP contribution is 2.34. The second-order valence-electron chi connectivity index (χ2n) is 4.15. The SMILES string of the molecule is Cc1ccc(S(=O)(=O)N(C)C2=C(I)C(=O)C2)cc1. The number of carbonyl (C=O) groups excluding carboxylic acids is 1. The van der Waals surface area contributed by atoms with E-state index in [0.717, 1.165) is 5.56 Å². The van der Waals surface area contributed by atoms with Crippen molar-refractivity contribution in [2.75, 3.05) is 7.05 Å². The Morgan fingerprint density at radius 2 is 1.78 bits per heavy atom. The molecule has 0 saturated carbocycles. The van der Waals surface area contributed by atoms with Crippen LogP contribution in [0, 0.1) is 6.92 Å². The number of nitrogens with zero attached hydrogens (tertiary/aromatic N) is 1. The van der Waals surface area contributed by atoms with Gasteiger partial charge in [0, 0.05) is 7.05 Å². The van der Waals surface area contributed by atoms with Crippen molar-refractivity contribution in [2.24, 2.45) is 0 Å². The van der Waals surface area contributed by atoms with Gasteiger partial charge >= 0.3 is 0 Å². The Labute approximate surface area is 120 Å². The van der Waals surface area contributed by atoms with Gasteiger partial charge < -0.3 is 0 Å². The molecule has 0 heterocycles. The second-order valence-corrected chi connectivity index (χ2v) is 7.19. The van der Waals surface area contributed by atoms with Crippen LogP contribution in [0.1, 0.15) is 12.0 Å². The topological polar surface area (TPSA) is 54.5 Å². The summed E-state index contributed by atoms with van der Waals surface area (Å²) >= 11 is 1.89. The van der Waals surface area contributed by atoms with E-state index in [1.165, 1.54) is 11.4 Å². The van der Waals surface area contributed by atoms with Crippen molar-refractivity contribution < 1.29 is 13.2 Å². The molecule has 2 rings (SSSR count). The Kier molecular flexibility index (Phi) is 3.50. The van der Waals surface area contributed by atoms with E-state index in [1.54, 1.807) is 24.3 Å². The minimum absolute atomic E-state index is 0.00319. The molecule has 4 nitrogen and oxygen atoms in total. The molecule has 0 aromatic heterocycles. The molecule has 0 fully saturated rings. The van der Waals surface area contributed by atoms with Crippen LogP contribution in [0.2, 0.25) is 0 Å². The van der Waals surface area contributed by atoms with Crippen molar-refractivity contribution in [3.8, 4) is 0 Å². The number of hydrogen-bond acceptors (Lipinski definition) is 3. The summed E-state index contributed by atoms with van der Waals surface area (Å²) in [5.41, 5.74) is 1.57. The molecule has 1 aliphatic rings. The number of rotatable bonds is 3. The van der Waals surface area contributed by atoms with Crippen molar-refractivity contribution in [3.05, 3.63) is 39.1 Å². The van der Waals surface area contributed by atoms with Crippen LogP contribution in [0.3, 0.4) is 0 Å². The fourth-order valence-electron chi connectivity index (χ4n) is 1.62. The first-order valence-corrected chi connectivity index (χ1v) is 7.83. The summed E-state index contributed by atoms with van der Waals surface area (Å²) in [4.78, 5) is 11.4. The summed E-state index contributed by atoms with van der Waals surface area (Å²) < 4.78 is 26.3. The van der Waals surface area contributed by atoms with Crippen LogP contribution in [-0.2, 0) is 14.8 Å². The maximum atomic E-state index is 12.3. The molecule has 0 N–H and O–H groups in total. The lowest BCUT2D eigenvalue weighted by molar-refractivity contribution is -0.116. The number of aryl methyl sites for hydroxylation is 1. The number of sulfonamides is 1. The highest BCUT2D eigenvalue weighted by Gasteiger charge is 2.33. The average Bonchev–Trinajstić information content (AvgIpc) is 2.35. The number of ketones is 1. The fourth-order valence-corrected chi connectivity index (χ4v) is 3.77. The molecule has 0 saturated heterocycles. The van der Waals surface area contributed by atoms with Gasteiger partial charge in [-0.25, -0.2) is 8.42 Å². The monoisotopic (exact) mass is 377 g/mol. The third-order valence-electron chi connectivity index (χ3n) is 2.89. The predicted octanol–water partition coefficient (Wildman–Crippen LogP) is 2.23. The van der Waals surface area contributed by atoms with E-state index < -0.39 is 10.0 Å². The summed E-state index contributed by atoms with van der Waals surface area (Å²) in [6, 6.07) is 6.67. The average molecular weight is 377 g/mol. The predicted molar refractivity (Wildman–Crippen MR) is 76.8 cm³/mol. The van der Waals surface area contributed by atoms with E-state index in [-0.39, 0.29) is 17.1 Å². The van der Waals surface area contributed by atoms with Gasteiger partial charge in [-0.05, 0) is 41.6 Å². The Hall–Kier alpha value is -0.890. The van der Waals surface area contributed by atoms with Gasteiger partial charge in [-0.15, -0.1) is 0 Å². The van der Waals surface area contributed by atoms with Crippen molar-refractivity contribution in [1.82, 2.24) is 4.31 Å². The van der Waals surface area contributed by atoms with Crippen molar-refractivity contribution in [1.29, 1.82) is 0 Å². The lowest BCUT2D eigenvalue weighted by Gasteiger charge is -2.28. The molecule has 6 heteroatoms. The summed E-state index contributed by atoms with van der Waals surface area (Å²) in [6.45, 7) is 1.90. The minimum Gasteiger partial charge on any atom is -0.293 e. The third kappa shape index (κ3) is 2.18. The number of halogens is 1. The molecule has 96 valence electrons. The van der Waals surface area contributed by atoms with E-state index in [2.05, 4.69) is 0 Å². The van der Waals surface area contributed by atoms with Crippen LogP contribution < -0.4 is 0 Å². The Balaban J connectivity index is 2.38. The van der Waals surface area contributed by atoms with E-state index in [0.29, 0.717) is 9.28 Å². The van der Waals surface area contributed by atoms with Crippen LogP contribution in [0.5, 0.6) is 0 Å². The third-order valence-corrected chi connectivity index (χ3v) is 5.92. The van der Waals surface area contributed by atoms with Crippen LogP contribution in [0.4, 0.5) is 0 Å². The summed E-state index contributed by atoms with van der Waals surface area (Å²) in [5, 5.41) is 0. The second kappa shape index (κ2) is 4.65. The fraction of sp³-hybridized carbons (Fsp3) is 0.250. The van der Waals surface area contributed by atoms with Crippen LogP contribution in [0.25, 0.3) is 0 Å². The molecular weight excluding hydrogens is 365 g/mol. The lowest BCUT2D eigenvalue weighted by atomic mass is 10.1. The maximum Gasteiger partial charge on any atom is 0.263 e. The molecule has 0 amide bonds. The molecule has 0 radical (unpaired) electrons. The van der Waals surface area contributed by atoms with E-state index >= 15 is 0 Å². The van der Waals surface area contributed by atoms with Gasteiger partial charge in [-0.1, -0.05) is 17.7 Å². The Bertz CT molecular complexity index is 632. The normalized spacial score (nSPS) is 15.6. The smallest absolute Gasteiger partial charge is 0.263 e. The maximum absolute atomic E-state index is 12.3. The Morgan fingerprint density at radius 1 is 1.22 bits per heavy atom. The zero-order chi connectivity index (χ0) is 13.5. The van der Waals surface area contributed by atoms with Gasteiger partial charge in [0.15, 0.2) is 5.78 Å². The van der Waals surface area contributed by atoms with Crippen LogP contribution in [0.15, 0.2) is 38.4 Å². The molecular formula is C12H12INO3S. The van der Waals surface area contributed by atoms with Gasteiger partial charge in [-0.2, -0.15) is 0 Å². The first-order valence-electron chi connectivity index (χ1n) is 5.31. The molecule has 0 spiro atoms. The summed E-state index contributed by atoms with van der Waals surface area (Å²) in [7, 11) is -2.07. The van der Waals surface area contributed by atoms with Crippen molar-refractivity contribution in [3.63, 3.8) is 0 Å². The zero-order valence-corrected chi connectivity index (χ0v) is 12.9. The summed E-state index contributed by atoms with van der Waals surface area (Å²) in [6.07, 6.45) is 0.194. The molecule has 18 heavy (non-hydrogen) atoms. The van der Waals surface area contributed by atoms with E-state index in [9.17, 15) is 13.2 Å². The van der Waals surface area contributed by atoms with Crippen LogP contribution in [-0.4, -0.2) is 25.6 Å². The van der Waals surface area contributed by atoms with Crippen molar-refractivity contribution in [2.45, 2.75) is 18.2 Å². The van der Waals surface area contributed by atoms with Gasteiger partial charge in [0.2, 0.25) is 0 Å². The molecule has 1 aromatic carbocycles. The molecule has 1 aliphatic carbocycles. The van der Waals surface area contributed by atoms with Crippen LogP contribution >= 0.6 is 22.6 Å². The van der Waals surface area contributed by atoms with Gasteiger partial charge in [0.05, 0.1) is 20.6 Å². The number of carbonyl (C=O) groups is 1. The number of allylic oxidation sites excluding steroid dienone is 2. The molecule has 0 unspecified atom stereocenters. The highest BCUT2D eigenvalue weighted by atomic mass is 127. The molecule has 0 aliphatic heterocycles. The molecule has 1 aromatic rings. The van der Waals surface area contributed by atoms with Gasteiger partial charge in [-0.3, -0.25) is 9.10 Å². The first-order chi connectivity index (χ1) is 8.34.